The minimum atomic E-state index is -0.510. The molecule has 0 amide bonds. The fourth-order valence-electron chi connectivity index (χ4n) is 4.68. The van der Waals surface area contributed by atoms with E-state index in [1.54, 1.807) is 6.07 Å². The van der Waals surface area contributed by atoms with Gasteiger partial charge < -0.3 is 10.5 Å². The molecule has 0 saturated carbocycles. The Morgan fingerprint density at radius 3 is 2.71 bits per heavy atom. The predicted octanol–water partition coefficient (Wildman–Crippen LogP) is 4.22. The second-order valence-corrected chi connectivity index (χ2v) is 8.14. The van der Waals surface area contributed by atoms with Crippen LogP contribution in [-0.4, -0.2) is 29.1 Å². The van der Waals surface area contributed by atoms with Crippen LogP contribution in [-0.2, 0) is 6.54 Å². The standard InChI is InChI=1S/C23H26FN3O/c1-14(2)28-23-17(13-27-18-8-9-22(27)21(26)11-18)4-3-5-19(23)15-6-7-16(12-25)20(24)10-15/h3-7,10,14,18,21-22H,8-9,11,13,26H2,1-2H3/t18-,21+,22+/m1/s1. The van der Waals surface area contributed by atoms with Crippen molar-refractivity contribution in [3.63, 3.8) is 0 Å². The minimum Gasteiger partial charge on any atom is -0.490 e. The van der Waals surface area contributed by atoms with Crippen LogP contribution in [0.5, 0.6) is 5.75 Å². The van der Waals surface area contributed by atoms with Crippen LogP contribution in [0.25, 0.3) is 11.1 Å². The maximum absolute atomic E-state index is 14.2. The van der Waals surface area contributed by atoms with Crippen molar-refractivity contribution >= 4 is 0 Å². The molecule has 146 valence electrons. The molecule has 5 heteroatoms. The Morgan fingerprint density at radius 1 is 1.29 bits per heavy atom. The Balaban J connectivity index is 1.73. The van der Waals surface area contributed by atoms with Gasteiger partial charge in [-0.2, -0.15) is 5.26 Å². The van der Waals surface area contributed by atoms with E-state index in [0.717, 1.165) is 41.8 Å². The molecular weight excluding hydrogens is 353 g/mol. The summed E-state index contributed by atoms with van der Waals surface area (Å²) in [7, 11) is 0. The second-order valence-electron chi connectivity index (χ2n) is 8.14. The lowest BCUT2D eigenvalue weighted by Crippen LogP contribution is -2.36. The first-order valence-electron chi connectivity index (χ1n) is 9.98. The number of fused-ring (bicyclic) bond motifs is 2. The van der Waals surface area contributed by atoms with Crippen molar-refractivity contribution in [3.05, 3.63) is 53.3 Å². The zero-order valence-electron chi connectivity index (χ0n) is 16.4. The van der Waals surface area contributed by atoms with Gasteiger partial charge in [-0.05, 0) is 50.8 Å². The van der Waals surface area contributed by atoms with Gasteiger partial charge in [-0.25, -0.2) is 4.39 Å². The van der Waals surface area contributed by atoms with Gasteiger partial charge in [0.05, 0.1) is 11.7 Å². The van der Waals surface area contributed by atoms with E-state index in [1.165, 1.54) is 18.6 Å². The van der Waals surface area contributed by atoms with E-state index < -0.39 is 5.82 Å². The van der Waals surface area contributed by atoms with Crippen LogP contribution < -0.4 is 10.5 Å². The number of rotatable bonds is 5. The van der Waals surface area contributed by atoms with Crippen LogP contribution in [0.1, 0.15) is 44.2 Å². The van der Waals surface area contributed by atoms with Crippen molar-refractivity contribution in [2.45, 2.75) is 63.9 Å². The highest BCUT2D eigenvalue weighted by molar-refractivity contribution is 5.73. The fraction of sp³-hybridized carbons (Fsp3) is 0.435. The van der Waals surface area contributed by atoms with Crippen LogP contribution in [0.15, 0.2) is 36.4 Å². The third kappa shape index (κ3) is 3.39. The second kappa shape index (κ2) is 7.54. The number of benzene rings is 2. The fourth-order valence-corrected chi connectivity index (χ4v) is 4.68. The summed E-state index contributed by atoms with van der Waals surface area (Å²) >= 11 is 0. The van der Waals surface area contributed by atoms with Gasteiger partial charge in [0.1, 0.15) is 17.6 Å². The third-order valence-electron chi connectivity index (χ3n) is 5.93. The van der Waals surface area contributed by atoms with Gasteiger partial charge in [0.2, 0.25) is 0 Å². The van der Waals surface area contributed by atoms with Gasteiger partial charge >= 0.3 is 0 Å². The highest BCUT2D eigenvalue weighted by atomic mass is 19.1. The molecule has 0 unspecified atom stereocenters. The third-order valence-corrected chi connectivity index (χ3v) is 5.93. The van der Waals surface area contributed by atoms with Gasteiger partial charge in [0, 0.05) is 35.8 Å². The van der Waals surface area contributed by atoms with Crippen LogP contribution in [0.2, 0.25) is 0 Å². The summed E-state index contributed by atoms with van der Waals surface area (Å²) in [5.74, 6) is 0.283. The predicted molar refractivity (Wildman–Crippen MR) is 107 cm³/mol. The van der Waals surface area contributed by atoms with Crippen molar-refractivity contribution in [1.82, 2.24) is 4.90 Å². The van der Waals surface area contributed by atoms with E-state index in [2.05, 4.69) is 11.0 Å². The lowest BCUT2D eigenvalue weighted by Gasteiger charge is -2.25. The summed E-state index contributed by atoms with van der Waals surface area (Å²) in [5, 5.41) is 9.00. The maximum atomic E-state index is 14.2. The summed E-state index contributed by atoms with van der Waals surface area (Å²) in [6, 6.07) is 13.9. The first-order chi connectivity index (χ1) is 13.5. The molecule has 4 rings (SSSR count). The summed E-state index contributed by atoms with van der Waals surface area (Å²) in [5.41, 5.74) is 9.03. The zero-order valence-corrected chi connectivity index (χ0v) is 16.4. The van der Waals surface area contributed by atoms with Crippen molar-refractivity contribution in [1.29, 1.82) is 5.26 Å². The van der Waals surface area contributed by atoms with E-state index >= 15 is 0 Å². The molecule has 2 saturated heterocycles. The molecule has 0 radical (unpaired) electrons. The Bertz CT molecular complexity index is 921. The van der Waals surface area contributed by atoms with Gasteiger partial charge in [-0.1, -0.05) is 24.3 Å². The summed E-state index contributed by atoms with van der Waals surface area (Å²) < 4.78 is 20.4. The smallest absolute Gasteiger partial charge is 0.141 e. The molecule has 2 bridgehead atoms. The molecule has 0 aromatic heterocycles. The normalized spacial score (nSPS) is 23.9. The molecule has 2 fully saturated rings. The monoisotopic (exact) mass is 379 g/mol. The molecule has 2 aliphatic rings. The molecular formula is C23H26FN3O. The van der Waals surface area contributed by atoms with Crippen LogP contribution in [0.4, 0.5) is 4.39 Å². The highest BCUT2D eigenvalue weighted by Gasteiger charge is 2.44. The van der Waals surface area contributed by atoms with E-state index in [-0.39, 0.29) is 17.7 Å². The molecule has 2 aromatic carbocycles. The molecule has 0 spiro atoms. The Labute approximate surface area is 165 Å². The van der Waals surface area contributed by atoms with E-state index in [9.17, 15) is 4.39 Å². The summed E-state index contributed by atoms with van der Waals surface area (Å²) in [6.45, 7) is 4.78. The SMILES string of the molecule is CC(C)Oc1c(CN2[C@@H]3CC[C@H]2[C@@H](N)C3)cccc1-c1ccc(C#N)c(F)c1. The highest BCUT2D eigenvalue weighted by Crippen LogP contribution is 2.41. The maximum Gasteiger partial charge on any atom is 0.141 e. The van der Waals surface area contributed by atoms with Crippen LogP contribution in [0, 0.1) is 17.1 Å². The largest absolute Gasteiger partial charge is 0.490 e. The van der Waals surface area contributed by atoms with Gasteiger partial charge in [0.15, 0.2) is 0 Å². The topological polar surface area (TPSA) is 62.3 Å². The van der Waals surface area contributed by atoms with E-state index in [4.69, 9.17) is 15.7 Å². The molecule has 2 aromatic rings. The van der Waals surface area contributed by atoms with Crippen molar-refractivity contribution in [2.24, 2.45) is 5.73 Å². The molecule has 2 aliphatic heterocycles. The lowest BCUT2D eigenvalue weighted by molar-refractivity contribution is 0.217. The number of ether oxygens (including phenoxy) is 1. The van der Waals surface area contributed by atoms with Gasteiger partial charge in [0.25, 0.3) is 0 Å². The average molecular weight is 379 g/mol. The average Bonchev–Trinajstić information content (AvgIpc) is 3.18. The van der Waals surface area contributed by atoms with Crippen molar-refractivity contribution in [3.8, 4) is 22.9 Å². The van der Waals surface area contributed by atoms with Crippen LogP contribution >= 0.6 is 0 Å². The molecule has 2 N–H and O–H groups in total. The lowest BCUT2D eigenvalue weighted by atomic mass is 9.96. The van der Waals surface area contributed by atoms with Crippen LogP contribution in [0.3, 0.4) is 0 Å². The molecule has 4 nitrogen and oxygen atoms in total. The molecule has 28 heavy (non-hydrogen) atoms. The van der Waals surface area contributed by atoms with Crippen molar-refractivity contribution in [2.75, 3.05) is 0 Å². The number of nitrogens with zero attached hydrogens (tertiary/aromatic N) is 2. The Hall–Kier alpha value is -2.42. The first kappa shape index (κ1) is 18.9. The zero-order chi connectivity index (χ0) is 19.8. The quantitative estimate of drug-likeness (QED) is 0.845. The van der Waals surface area contributed by atoms with Gasteiger partial charge in [-0.3, -0.25) is 4.90 Å². The Kier molecular flexibility index (Phi) is 5.09. The first-order valence-corrected chi connectivity index (χ1v) is 9.98. The minimum absolute atomic E-state index is 0.000635. The number of nitrogens with two attached hydrogens (primary N) is 1. The van der Waals surface area contributed by atoms with Crippen molar-refractivity contribution < 1.29 is 9.13 Å². The van der Waals surface area contributed by atoms with Gasteiger partial charge in [-0.15, -0.1) is 0 Å². The summed E-state index contributed by atoms with van der Waals surface area (Å²) in [6.07, 6.45) is 3.43. The number of para-hydroxylation sites is 1. The molecule has 3 atom stereocenters. The Morgan fingerprint density at radius 2 is 2.11 bits per heavy atom. The van der Waals surface area contributed by atoms with E-state index in [0.29, 0.717) is 12.1 Å². The molecule has 2 heterocycles. The number of hydrogen-bond acceptors (Lipinski definition) is 4. The molecule has 0 aliphatic carbocycles. The number of halogens is 1. The summed E-state index contributed by atoms with van der Waals surface area (Å²) in [4.78, 5) is 2.51. The number of nitriles is 1. The van der Waals surface area contributed by atoms with E-state index in [1.807, 2.05) is 32.0 Å². The number of hydrogen-bond donors (Lipinski definition) is 1.